The number of nitrogens with zero attached hydrogens (tertiary/aromatic N) is 2. The second kappa shape index (κ2) is 3.70. The highest BCUT2D eigenvalue weighted by Crippen LogP contribution is 2.23. The number of benzene rings is 2. The Bertz CT molecular complexity index is 714. The molecule has 1 heterocycles. The largest absolute Gasteiger partial charge is 0.241 e. The van der Waals surface area contributed by atoms with Crippen LogP contribution in [0.4, 0.5) is 8.78 Å². The topological polar surface area (TPSA) is 25.8 Å². The lowest BCUT2D eigenvalue weighted by atomic mass is 10.1. The van der Waals surface area contributed by atoms with E-state index in [2.05, 4.69) is 9.97 Å². The molecule has 1 aromatic heterocycles. The SMILES string of the molecule is Cc1ccc2nc3c(F)c(C)ccc3nc2c1F. The third-order valence-electron chi connectivity index (χ3n) is 3.04. The van der Waals surface area contributed by atoms with Crippen molar-refractivity contribution in [2.75, 3.05) is 0 Å². The minimum Gasteiger partial charge on any atom is -0.241 e. The zero-order valence-corrected chi connectivity index (χ0v) is 9.96. The zero-order valence-electron chi connectivity index (χ0n) is 9.96. The maximum Gasteiger partial charge on any atom is 0.153 e. The van der Waals surface area contributed by atoms with Crippen molar-refractivity contribution in [1.82, 2.24) is 9.97 Å². The maximum atomic E-state index is 13.9. The van der Waals surface area contributed by atoms with Gasteiger partial charge in [0, 0.05) is 0 Å². The third-order valence-corrected chi connectivity index (χ3v) is 3.04. The highest BCUT2D eigenvalue weighted by atomic mass is 19.1. The second-order valence-corrected chi connectivity index (χ2v) is 4.35. The molecule has 0 aliphatic carbocycles. The molecule has 0 fully saturated rings. The van der Waals surface area contributed by atoms with Gasteiger partial charge in [0.2, 0.25) is 0 Å². The monoisotopic (exact) mass is 244 g/mol. The van der Waals surface area contributed by atoms with Gasteiger partial charge >= 0.3 is 0 Å². The predicted octanol–water partition coefficient (Wildman–Crippen LogP) is 3.68. The van der Waals surface area contributed by atoms with Crippen molar-refractivity contribution in [2.45, 2.75) is 13.8 Å². The molecule has 3 aromatic rings. The molecule has 0 aliphatic rings. The average molecular weight is 244 g/mol. The quantitative estimate of drug-likeness (QED) is 0.564. The molecular weight excluding hydrogens is 234 g/mol. The molecule has 0 unspecified atom stereocenters. The van der Waals surface area contributed by atoms with Gasteiger partial charge in [-0.25, -0.2) is 18.7 Å². The summed E-state index contributed by atoms with van der Waals surface area (Å²) in [5.41, 5.74) is 2.12. The van der Waals surface area contributed by atoms with E-state index in [1.807, 2.05) is 0 Å². The number of hydrogen-bond donors (Lipinski definition) is 0. The molecule has 3 rings (SSSR count). The van der Waals surface area contributed by atoms with Crippen molar-refractivity contribution >= 4 is 22.1 Å². The summed E-state index contributed by atoms with van der Waals surface area (Å²) in [4.78, 5) is 8.32. The van der Waals surface area contributed by atoms with Crippen molar-refractivity contribution in [2.24, 2.45) is 0 Å². The first-order valence-electron chi connectivity index (χ1n) is 5.59. The van der Waals surface area contributed by atoms with Crippen LogP contribution in [-0.2, 0) is 0 Å². The van der Waals surface area contributed by atoms with E-state index in [-0.39, 0.29) is 11.0 Å². The van der Waals surface area contributed by atoms with Gasteiger partial charge in [-0.2, -0.15) is 0 Å². The Balaban J connectivity index is 2.51. The van der Waals surface area contributed by atoms with Crippen LogP contribution in [0, 0.1) is 25.5 Å². The lowest BCUT2D eigenvalue weighted by Gasteiger charge is -2.05. The number of halogens is 2. The second-order valence-electron chi connectivity index (χ2n) is 4.35. The summed E-state index contributed by atoms with van der Waals surface area (Å²) in [7, 11) is 0. The molecule has 2 aromatic carbocycles. The van der Waals surface area contributed by atoms with Gasteiger partial charge in [0.05, 0.1) is 11.0 Å². The first kappa shape index (κ1) is 11.0. The third kappa shape index (κ3) is 1.45. The first-order chi connectivity index (χ1) is 8.58. The first-order valence-corrected chi connectivity index (χ1v) is 5.59. The van der Waals surface area contributed by atoms with Gasteiger partial charge in [-0.3, -0.25) is 0 Å². The fourth-order valence-electron chi connectivity index (χ4n) is 1.94. The van der Waals surface area contributed by atoms with Gasteiger partial charge in [-0.15, -0.1) is 0 Å². The molecule has 0 aliphatic heterocycles. The van der Waals surface area contributed by atoms with Crippen LogP contribution in [0.1, 0.15) is 11.1 Å². The van der Waals surface area contributed by atoms with Crippen LogP contribution in [0.2, 0.25) is 0 Å². The summed E-state index contributed by atoms with van der Waals surface area (Å²) in [6.45, 7) is 3.33. The molecule has 0 amide bonds. The van der Waals surface area contributed by atoms with Gasteiger partial charge in [0.1, 0.15) is 11.0 Å². The molecule has 0 N–H and O–H groups in total. The van der Waals surface area contributed by atoms with Gasteiger partial charge in [-0.05, 0) is 37.1 Å². The summed E-state index contributed by atoms with van der Waals surface area (Å²) < 4.78 is 27.8. The van der Waals surface area contributed by atoms with E-state index in [4.69, 9.17) is 0 Å². The normalized spacial score (nSPS) is 11.3. The summed E-state index contributed by atoms with van der Waals surface area (Å²) >= 11 is 0. The van der Waals surface area contributed by atoms with Crippen LogP contribution >= 0.6 is 0 Å². The van der Waals surface area contributed by atoms with E-state index < -0.39 is 11.6 Å². The van der Waals surface area contributed by atoms with E-state index in [0.717, 1.165) is 0 Å². The molecule has 2 nitrogen and oxygen atoms in total. The molecule has 0 saturated heterocycles. The van der Waals surface area contributed by atoms with Crippen LogP contribution in [-0.4, -0.2) is 9.97 Å². The van der Waals surface area contributed by atoms with E-state index in [1.54, 1.807) is 38.1 Å². The fourth-order valence-corrected chi connectivity index (χ4v) is 1.94. The number of fused-ring (bicyclic) bond motifs is 2. The molecule has 0 atom stereocenters. The van der Waals surface area contributed by atoms with Crippen molar-refractivity contribution < 1.29 is 8.78 Å². The summed E-state index contributed by atoms with van der Waals surface area (Å²) in [6.07, 6.45) is 0. The van der Waals surface area contributed by atoms with Crippen LogP contribution < -0.4 is 0 Å². The number of hydrogen-bond acceptors (Lipinski definition) is 2. The van der Waals surface area contributed by atoms with Gasteiger partial charge in [0.25, 0.3) is 0 Å². The maximum absolute atomic E-state index is 13.9. The summed E-state index contributed by atoms with van der Waals surface area (Å²) in [5, 5.41) is 0. The van der Waals surface area contributed by atoms with Crippen molar-refractivity contribution in [3.63, 3.8) is 0 Å². The Morgan fingerprint density at radius 3 is 1.50 bits per heavy atom. The van der Waals surface area contributed by atoms with E-state index in [0.29, 0.717) is 22.2 Å². The Hall–Kier alpha value is -2.10. The highest BCUT2D eigenvalue weighted by Gasteiger charge is 2.12. The molecule has 0 spiro atoms. The molecule has 18 heavy (non-hydrogen) atoms. The molecule has 0 bridgehead atoms. The molecular formula is C14H10F2N2. The van der Waals surface area contributed by atoms with Crippen molar-refractivity contribution in [3.8, 4) is 0 Å². The molecule has 90 valence electrons. The summed E-state index contributed by atoms with van der Waals surface area (Å²) in [6, 6.07) is 6.54. The highest BCUT2D eigenvalue weighted by molar-refractivity contribution is 5.87. The van der Waals surface area contributed by atoms with E-state index in [1.165, 1.54) is 0 Å². The van der Waals surface area contributed by atoms with Crippen LogP contribution in [0.5, 0.6) is 0 Å². The number of aryl methyl sites for hydroxylation is 2. The Kier molecular flexibility index (Phi) is 2.26. The fraction of sp³-hybridized carbons (Fsp3) is 0.143. The smallest absolute Gasteiger partial charge is 0.153 e. The average Bonchev–Trinajstić information content (AvgIpc) is 2.38. The minimum atomic E-state index is -0.400. The number of rotatable bonds is 0. The van der Waals surface area contributed by atoms with Gasteiger partial charge < -0.3 is 0 Å². The molecule has 0 radical (unpaired) electrons. The van der Waals surface area contributed by atoms with Crippen molar-refractivity contribution in [1.29, 1.82) is 0 Å². The Morgan fingerprint density at radius 1 is 0.722 bits per heavy atom. The van der Waals surface area contributed by atoms with Gasteiger partial charge in [0.15, 0.2) is 11.6 Å². The van der Waals surface area contributed by atoms with Crippen LogP contribution in [0.25, 0.3) is 22.1 Å². The lowest BCUT2D eigenvalue weighted by molar-refractivity contribution is 0.624. The van der Waals surface area contributed by atoms with E-state index in [9.17, 15) is 8.78 Å². The summed E-state index contributed by atoms with van der Waals surface area (Å²) in [5.74, 6) is -0.800. The zero-order chi connectivity index (χ0) is 12.9. The molecule has 4 heteroatoms. The predicted molar refractivity (Wildman–Crippen MR) is 66.4 cm³/mol. The van der Waals surface area contributed by atoms with Crippen molar-refractivity contribution in [3.05, 3.63) is 47.0 Å². The molecule has 0 saturated carbocycles. The van der Waals surface area contributed by atoms with Crippen LogP contribution in [0.15, 0.2) is 24.3 Å². The van der Waals surface area contributed by atoms with E-state index >= 15 is 0 Å². The Morgan fingerprint density at radius 2 is 1.11 bits per heavy atom. The van der Waals surface area contributed by atoms with Crippen LogP contribution in [0.3, 0.4) is 0 Å². The Labute approximate surface area is 102 Å². The lowest BCUT2D eigenvalue weighted by Crippen LogP contribution is -1.95. The number of aromatic nitrogens is 2. The minimum absolute atomic E-state index is 0.186. The standard InChI is InChI=1S/C14H10F2N2/c1-7-3-5-9-13(11(7)15)17-10-6-4-8(2)12(16)14(10)18-9/h3-6H,1-2H3. The van der Waals surface area contributed by atoms with Gasteiger partial charge in [-0.1, -0.05) is 12.1 Å².